The van der Waals surface area contributed by atoms with Crippen LogP contribution in [0.3, 0.4) is 0 Å². The van der Waals surface area contributed by atoms with E-state index < -0.39 is 11.7 Å². The van der Waals surface area contributed by atoms with Crippen molar-refractivity contribution in [1.29, 1.82) is 0 Å². The Balaban J connectivity index is 2.09. The second-order valence-corrected chi connectivity index (χ2v) is 5.67. The molecular formula is C17H19FN2O. The van der Waals surface area contributed by atoms with Crippen LogP contribution in [0.15, 0.2) is 48.5 Å². The van der Waals surface area contributed by atoms with E-state index in [1.807, 2.05) is 44.2 Å². The fourth-order valence-electron chi connectivity index (χ4n) is 2.10. The van der Waals surface area contributed by atoms with Gasteiger partial charge in [0.2, 0.25) is 0 Å². The van der Waals surface area contributed by atoms with Gasteiger partial charge >= 0.3 is 0 Å². The molecule has 2 aromatic carbocycles. The molecule has 0 bridgehead atoms. The minimum Gasteiger partial charge on any atom is -0.399 e. The van der Waals surface area contributed by atoms with E-state index in [1.54, 1.807) is 0 Å². The number of hydrogen-bond acceptors (Lipinski definition) is 2. The summed E-state index contributed by atoms with van der Waals surface area (Å²) in [5.74, 6) is -1.02. The number of benzene rings is 2. The van der Waals surface area contributed by atoms with Crippen molar-refractivity contribution in [3.63, 3.8) is 0 Å². The van der Waals surface area contributed by atoms with Gasteiger partial charge in [0.15, 0.2) is 0 Å². The van der Waals surface area contributed by atoms with Crippen molar-refractivity contribution in [1.82, 2.24) is 5.32 Å². The molecule has 0 heterocycles. The van der Waals surface area contributed by atoms with E-state index in [2.05, 4.69) is 5.32 Å². The van der Waals surface area contributed by atoms with Crippen LogP contribution in [0.1, 0.15) is 29.8 Å². The number of nitrogens with one attached hydrogen (secondary N) is 1. The van der Waals surface area contributed by atoms with Crippen molar-refractivity contribution in [2.45, 2.75) is 19.3 Å². The van der Waals surface area contributed by atoms with Gasteiger partial charge in [-0.15, -0.1) is 0 Å². The highest BCUT2D eigenvalue weighted by atomic mass is 19.1. The molecule has 21 heavy (non-hydrogen) atoms. The van der Waals surface area contributed by atoms with Gasteiger partial charge in [0.1, 0.15) is 5.82 Å². The van der Waals surface area contributed by atoms with Gasteiger partial charge in [-0.1, -0.05) is 44.2 Å². The molecule has 3 nitrogen and oxygen atoms in total. The zero-order valence-electron chi connectivity index (χ0n) is 12.2. The minimum atomic E-state index is -0.570. The highest BCUT2D eigenvalue weighted by Crippen LogP contribution is 2.22. The van der Waals surface area contributed by atoms with E-state index in [4.69, 9.17) is 5.73 Å². The van der Waals surface area contributed by atoms with Crippen LogP contribution in [0.5, 0.6) is 0 Å². The van der Waals surface area contributed by atoms with Crippen LogP contribution in [-0.2, 0) is 5.41 Å². The molecule has 0 unspecified atom stereocenters. The SMILES string of the molecule is CC(C)(CNC(=O)c1cc(N)ccc1F)c1ccccc1. The van der Waals surface area contributed by atoms with Gasteiger partial charge in [-0.3, -0.25) is 4.79 Å². The summed E-state index contributed by atoms with van der Waals surface area (Å²) in [5, 5.41) is 2.77. The van der Waals surface area contributed by atoms with Crippen molar-refractivity contribution in [2.75, 3.05) is 12.3 Å². The molecule has 4 heteroatoms. The van der Waals surface area contributed by atoms with Gasteiger partial charge in [-0.05, 0) is 23.8 Å². The quantitative estimate of drug-likeness (QED) is 0.848. The minimum absolute atomic E-state index is 0.0288. The lowest BCUT2D eigenvalue weighted by Gasteiger charge is -2.25. The number of carbonyl (C=O) groups is 1. The molecule has 0 radical (unpaired) electrons. The van der Waals surface area contributed by atoms with Gasteiger partial charge in [0.25, 0.3) is 5.91 Å². The van der Waals surface area contributed by atoms with Crippen molar-refractivity contribution >= 4 is 11.6 Å². The Labute approximate surface area is 124 Å². The van der Waals surface area contributed by atoms with Gasteiger partial charge in [0.05, 0.1) is 5.56 Å². The first-order valence-corrected chi connectivity index (χ1v) is 6.79. The molecule has 0 saturated heterocycles. The molecule has 0 aliphatic carbocycles. The van der Waals surface area contributed by atoms with Crippen LogP contribution in [0.2, 0.25) is 0 Å². The Morgan fingerprint density at radius 3 is 2.52 bits per heavy atom. The third kappa shape index (κ3) is 3.60. The van der Waals surface area contributed by atoms with E-state index in [-0.39, 0.29) is 11.0 Å². The van der Waals surface area contributed by atoms with Crippen LogP contribution < -0.4 is 11.1 Å². The lowest BCUT2D eigenvalue weighted by Crippen LogP contribution is -2.37. The Morgan fingerprint density at radius 2 is 1.86 bits per heavy atom. The van der Waals surface area contributed by atoms with Gasteiger partial charge in [0, 0.05) is 17.6 Å². The van der Waals surface area contributed by atoms with E-state index in [1.165, 1.54) is 18.2 Å². The van der Waals surface area contributed by atoms with Crippen molar-refractivity contribution in [3.8, 4) is 0 Å². The van der Waals surface area contributed by atoms with Crippen LogP contribution >= 0.6 is 0 Å². The summed E-state index contributed by atoms with van der Waals surface area (Å²) in [6, 6.07) is 13.8. The van der Waals surface area contributed by atoms with E-state index in [9.17, 15) is 9.18 Å². The summed E-state index contributed by atoms with van der Waals surface area (Å²) in [5.41, 5.74) is 6.79. The van der Waals surface area contributed by atoms with Crippen molar-refractivity contribution in [2.24, 2.45) is 0 Å². The molecule has 0 saturated carbocycles. The number of anilines is 1. The van der Waals surface area contributed by atoms with Gasteiger partial charge in [-0.25, -0.2) is 4.39 Å². The van der Waals surface area contributed by atoms with Crippen LogP contribution in [0, 0.1) is 5.82 Å². The zero-order valence-corrected chi connectivity index (χ0v) is 12.2. The average molecular weight is 286 g/mol. The first kappa shape index (κ1) is 15.0. The number of nitrogens with two attached hydrogens (primary N) is 1. The third-order valence-corrected chi connectivity index (χ3v) is 3.48. The predicted octanol–water partition coefficient (Wildman–Crippen LogP) is 3.12. The molecule has 2 aromatic rings. The second kappa shape index (κ2) is 5.95. The molecular weight excluding hydrogens is 267 g/mol. The molecule has 110 valence electrons. The lowest BCUT2D eigenvalue weighted by atomic mass is 9.84. The Bertz CT molecular complexity index is 638. The highest BCUT2D eigenvalue weighted by Gasteiger charge is 2.22. The van der Waals surface area contributed by atoms with Gasteiger partial charge < -0.3 is 11.1 Å². The average Bonchev–Trinajstić information content (AvgIpc) is 2.48. The number of hydrogen-bond donors (Lipinski definition) is 2. The Hall–Kier alpha value is -2.36. The lowest BCUT2D eigenvalue weighted by molar-refractivity contribution is 0.0941. The van der Waals surface area contributed by atoms with E-state index in [0.29, 0.717) is 12.2 Å². The molecule has 0 fully saturated rings. The number of nitrogen functional groups attached to an aromatic ring is 1. The molecule has 0 aromatic heterocycles. The number of rotatable bonds is 4. The number of carbonyl (C=O) groups excluding carboxylic acids is 1. The summed E-state index contributed by atoms with van der Waals surface area (Å²) >= 11 is 0. The normalized spacial score (nSPS) is 11.2. The van der Waals surface area contributed by atoms with Crippen molar-refractivity contribution in [3.05, 3.63) is 65.5 Å². The molecule has 0 spiro atoms. The summed E-state index contributed by atoms with van der Waals surface area (Å²) in [6.07, 6.45) is 0. The summed E-state index contributed by atoms with van der Waals surface area (Å²) in [7, 11) is 0. The van der Waals surface area contributed by atoms with Crippen LogP contribution in [0.4, 0.5) is 10.1 Å². The van der Waals surface area contributed by atoms with E-state index in [0.717, 1.165) is 5.56 Å². The first-order valence-electron chi connectivity index (χ1n) is 6.79. The zero-order chi connectivity index (χ0) is 15.5. The summed E-state index contributed by atoms with van der Waals surface area (Å²) in [6.45, 7) is 4.46. The maximum atomic E-state index is 13.6. The molecule has 2 rings (SSSR count). The fourth-order valence-corrected chi connectivity index (χ4v) is 2.10. The van der Waals surface area contributed by atoms with Crippen LogP contribution in [-0.4, -0.2) is 12.5 Å². The Morgan fingerprint density at radius 1 is 1.19 bits per heavy atom. The standard InChI is InChI=1S/C17H19FN2O/c1-17(2,12-6-4-3-5-7-12)11-20-16(21)14-10-13(19)8-9-15(14)18/h3-10H,11,19H2,1-2H3,(H,20,21). The predicted molar refractivity (Wildman–Crippen MR) is 82.6 cm³/mol. The molecule has 0 aliphatic rings. The fraction of sp³-hybridized carbons (Fsp3) is 0.235. The second-order valence-electron chi connectivity index (χ2n) is 5.67. The number of amides is 1. The summed E-state index contributed by atoms with van der Waals surface area (Å²) in [4.78, 5) is 12.1. The molecule has 0 atom stereocenters. The highest BCUT2D eigenvalue weighted by molar-refractivity contribution is 5.95. The third-order valence-electron chi connectivity index (χ3n) is 3.48. The van der Waals surface area contributed by atoms with Crippen LogP contribution in [0.25, 0.3) is 0 Å². The van der Waals surface area contributed by atoms with Gasteiger partial charge in [-0.2, -0.15) is 0 Å². The topological polar surface area (TPSA) is 55.1 Å². The molecule has 1 amide bonds. The smallest absolute Gasteiger partial charge is 0.254 e. The Kier molecular flexibility index (Phi) is 4.26. The first-order chi connectivity index (χ1) is 9.90. The largest absolute Gasteiger partial charge is 0.399 e. The molecule has 0 aliphatic heterocycles. The van der Waals surface area contributed by atoms with Crippen molar-refractivity contribution < 1.29 is 9.18 Å². The maximum Gasteiger partial charge on any atom is 0.254 e. The molecule has 3 N–H and O–H groups in total. The summed E-state index contributed by atoms with van der Waals surface area (Å²) < 4.78 is 13.6. The number of halogens is 1. The monoisotopic (exact) mass is 286 g/mol. The van der Waals surface area contributed by atoms with E-state index >= 15 is 0 Å². The maximum absolute atomic E-state index is 13.6.